The van der Waals surface area contributed by atoms with Crippen molar-refractivity contribution < 1.29 is 13.7 Å². The van der Waals surface area contributed by atoms with Crippen molar-refractivity contribution in [1.29, 1.82) is 0 Å². The van der Waals surface area contributed by atoms with Gasteiger partial charge >= 0.3 is 0 Å². The first-order valence-electron chi connectivity index (χ1n) is 6.91. The lowest BCUT2D eigenvalue weighted by Crippen LogP contribution is -2.26. The number of ether oxygens (including phenoxy) is 1. The summed E-state index contributed by atoms with van der Waals surface area (Å²) in [6.07, 6.45) is 3.76. The summed E-state index contributed by atoms with van der Waals surface area (Å²) in [4.78, 5) is 4.22. The summed E-state index contributed by atoms with van der Waals surface area (Å²) in [7, 11) is 0. The molecule has 0 saturated carbocycles. The Labute approximate surface area is 117 Å². The van der Waals surface area contributed by atoms with Crippen molar-refractivity contribution in [2.24, 2.45) is 0 Å². The Bertz CT molecular complexity index is 564. The molecular formula is C14H19N3O3. The molecule has 2 aromatic heterocycles. The average Bonchev–Trinajstić information content (AvgIpc) is 3.12. The topological polar surface area (TPSA) is 73.3 Å². The standard InChI is InChI=1S/C14H19N3O3/c1-9-5-6-18-13(9)8-15-7-11-3-4-12(19-11)14-16-10(2)17-20-14/h5-6,11-12,15H,3-4,7-8H2,1-2H3/t11-,12+/m1/s1. The van der Waals surface area contributed by atoms with E-state index in [1.165, 1.54) is 5.56 Å². The van der Waals surface area contributed by atoms with Crippen LogP contribution in [-0.4, -0.2) is 22.8 Å². The molecule has 108 valence electrons. The quantitative estimate of drug-likeness (QED) is 0.904. The van der Waals surface area contributed by atoms with Crippen LogP contribution >= 0.6 is 0 Å². The highest BCUT2D eigenvalue weighted by Crippen LogP contribution is 2.31. The maximum atomic E-state index is 5.92. The predicted molar refractivity (Wildman–Crippen MR) is 71.0 cm³/mol. The number of furan rings is 1. The Kier molecular flexibility index (Phi) is 3.84. The molecule has 0 amide bonds. The molecule has 0 unspecified atom stereocenters. The van der Waals surface area contributed by atoms with E-state index in [1.807, 2.05) is 19.9 Å². The summed E-state index contributed by atoms with van der Waals surface area (Å²) in [5.74, 6) is 2.22. The van der Waals surface area contributed by atoms with Gasteiger partial charge in [-0.25, -0.2) is 0 Å². The van der Waals surface area contributed by atoms with Crippen molar-refractivity contribution in [2.45, 2.75) is 45.4 Å². The van der Waals surface area contributed by atoms with Crippen LogP contribution in [0.4, 0.5) is 0 Å². The van der Waals surface area contributed by atoms with Crippen molar-refractivity contribution in [2.75, 3.05) is 6.54 Å². The van der Waals surface area contributed by atoms with Crippen molar-refractivity contribution in [1.82, 2.24) is 15.5 Å². The molecule has 0 aromatic carbocycles. The van der Waals surface area contributed by atoms with Gasteiger partial charge in [-0.05, 0) is 38.3 Å². The molecule has 1 aliphatic heterocycles. The molecule has 1 N–H and O–H groups in total. The molecule has 1 saturated heterocycles. The highest BCUT2D eigenvalue weighted by Gasteiger charge is 2.30. The van der Waals surface area contributed by atoms with Crippen molar-refractivity contribution in [3.05, 3.63) is 35.4 Å². The van der Waals surface area contributed by atoms with E-state index < -0.39 is 0 Å². The van der Waals surface area contributed by atoms with E-state index in [0.717, 1.165) is 31.7 Å². The number of aryl methyl sites for hydroxylation is 2. The molecule has 1 fully saturated rings. The van der Waals surface area contributed by atoms with Gasteiger partial charge in [0.1, 0.15) is 11.9 Å². The Balaban J connectivity index is 1.45. The molecule has 0 aliphatic carbocycles. The molecular weight excluding hydrogens is 258 g/mol. The lowest BCUT2D eigenvalue weighted by Gasteiger charge is -2.12. The van der Waals surface area contributed by atoms with E-state index in [9.17, 15) is 0 Å². The highest BCUT2D eigenvalue weighted by molar-refractivity contribution is 5.14. The summed E-state index contributed by atoms with van der Waals surface area (Å²) in [5.41, 5.74) is 1.17. The van der Waals surface area contributed by atoms with Gasteiger partial charge in [-0.15, -0.1) is 0 Å². The van der Waals surface area contributed by atoms with E-state index in [4.69, 9.17) is 13.7 Å². The molecule has 2 atom stereocenters. The van der Waals surface area contributed by atoms with Crippen LogP contribution in [0.15, 0.2) is 21.3 Å². The summed E-state index contributed by atoms with van der Waals surface area (Å²) in [5, 5.41) is 7.16. The van der Waals surface area contributed by atoms with Gasteiger partial charge in [-0.3, -0.25) is 0 Å². The van der Waals surface area contributed by atoms with Crippen molar-refractivity contribution >= 4 is 0 Å². The van der Waals surface area contributed by atoms with Crippen LogP contribution < -0.4 is 5.32 Å². The molecule has 3 heterocycles. The second-order valence-electron chi connectivity index (χ2n) is 5.16. The van der Waals surface area contributed by atoms with Crippen LogP contribution in [0, 0.1) is 13.8 Å². The van der Waals surface area contributed by atoms with Gasteiger partial charge in [0.2, 0.25) is 0 Å². The third-order valence-corrected chi connectivity index (χ3v) is 3.55. The number of hydrogen-bond acceptors (Lipinski definition) is 6. The molecule has 0 bridgehead atoms. The zero-order valence-electron chi connectivity index (χ0n) is 11.8. The van der Waals surface area contributed by atoms with Crippen molar-refractivity contribution in [3.63, 3.8) is 0 Å². The number of rotatable bonds is 5. The van der Waals surface area contributed by atoms with Crippen LogP contribution in [0.25, 0.3) is 0 Å². The Morgan fingerprint density at radius 3 is 2.95 bits per heavy atom. The molecule has 0 spiro atoms. The van der Waals surface area contributed by atoms with Crippen LogP contribution in [0.5, 0.6) is 0 Å². The minimum absolute atomic E-state index is 0.0617. The molecule has 6 nitrogen and oxygen atoms in total. The molecule has 6 heteroatoms. The van der Waals surface area contributed by atoms with E-state index >= 15 is 0 Å². The number of hydrogen-bond donors (Lipinski definition) is 1. The first-order chi connectivity index (χ1) is 9.72. The first kappa shape index (κ1) is 13.3. The van der Waals surface area contributed by atoms with E-state index in [-0.39, 0.29) is 12.2 Å². The second kappa shape index (κ2) is 5.76. The average molecular weight is 277 g/mol. The molecule has 2 aromatic rings. The van der Waals surface area contributed by atoms with Gasteiger partial charge in [-0.2, -0.15) is 4.98 Å². The SMILES string of the molecule is Cc1noc([C@@H]2CC[C@H](CNCc3occc3C)O2)n1. The third-order valence-electron chi connectivity index (χ3n) is 3.55. The van der Waals surface area contributed by atoms with Crippen LogP contribution in [0.2, 0.25) is 0 Å². The summed E-state index contributed by atoms with van der Waals surface area (Å²) >= 11 is 0. The third kappa shape index (κ3) is 2.91. The second-order valence-corrected chi connectivity index (χ2v) is 5.16. The maximum Gasteiger partial charge on any atom is 0.255 e. The Morgan fingerprint density at radius 1 is 1.35 bits per heavy atom. The van der Waals surface area contributed by atoms with Gasteiger partial charge in [0.25, 0.3) is 5.89 Å². The smallest absolute Gasteiger partial charge is 0.255 e. The lowest BCUT2D eigenvalue weighted by molar-refractivity contribution is 0.0262. The fourth-order valence-corrected chi connectivity index (χ4v) is 2.41. The van der Waals surface area contributed by atoms with Gasteiger partial charge in [0.05, 0.1) is 18.9 Å². The normalized spacial score (nSPS) is 22.5. The highest BCUT2D eigenvalue weighted by atomic mass is 16.5. The zero-order valence-corrected chi connectivity index (χ0v) is 11.8. The van der Waals surface area contributed by atoms with Gasteiger partial charge in [0, 0.05) is 6.54 Å². The van der Waals surface area contributed by atoms with E-state index in [1.54, 1.807) is 6.26 Å². The minimum Gasteiger partial charge on any atom is -0.468 e. The summed E-state index contributed by atoms with van der Waals surface area (Å²) in [6.45, 7) is 5.37. The van der Waals surface area contributed by atoms with Crippen LogP contribution in [-0.2, 0) is 11.3 Å². The number of aromatic nitrogens is 2. The van der Waals surface area contributed by atoms with Crippen molar-refractivity contribution in [3.8, 4) is 0 Å². The summed E-state index contributed by atoms with van der Waals surface area (Å²) < 4.78 is 16.5. The molecule has 0 radical (unpaired) electrons. The fraction of sp³-hybridized carbons (Fsp3) is 0.571. The zero-order chi connectivity index (χ0) is 13.9. The summed E-state index contributed by atoms with van der Waals surface area (Å²) in [6, 6.07) is 1.97. The monoisotopic (exact) mass is 277 g/mol. The van der Waals surface area contributed by atoms with Crippen LogP contribution in [0.1, 0.15) is 42.0 Å². The fourth-order valence-electron chi connectivity index (χ4n) is 2.41. The Morgan fingerprint density at radius 2 is 2.25 bits per heavy atom. The van der Waals surface area contributed by atoms with Crippen LogP contribution in [0.3, 0.4) is 0 Å². The minimum atomic E-state index is -0.0617. The molecule has 1 aliphatic rings. The maximum absolute atomic E-state index is 5.92. The van der Waals surface area contributed by atoms with E-state index in [0.29, 0.717) is 11.7 Å². The van der Waals surface area contributed by atoms with Gasteiger partial charge in [-0.1, -0.05) is 5.16 Å². The predicted octanol–water partition coefficient (Wildman–Crippen LogP) is 2.29. The number of nitrogens with one attached hydrogen (secondary N) is 1. The van der Waals surface area contributed by atoms with Gasteiger partial charge < -0.3 is 19.0 Å². The largest absolute Gasteiger partial charge is 0.468 e. The molecule has 3 rings (SSSR count). The Hall–Kier alpha value is -1.66. The van der Waals surface area contributed by atoms with E-state index in [2.05, 4.69) is 15.5 Å². The first-order valence-corrected chi connectivity index (χ1v) is 6.91. The lowest BCUT2D eigenvalue weighted by atomic mass is 10.2. The number of nitrogens with zero attached hydrogens (tertiary/aromatic N) is 2. The molecule has 20 heavy (non-hydrogen) atoms. The van der Waals surface area contributed by atoms with Gasteiger partial charge in [0.15, 0.2) is 5.82 Å².